The molecule has 0 saturated heterocycles. The number of nitrogens with zero attached hydrogens (tertiary/aromatic N) is 1. The second kappa shape index (κ2) is 6.74. The fourth-order valence-electron chi connectivity index (χ4n) is 2.43. The number of thiophene rings is 1. The van der Waals surface area contributed by atoms with Crippen LogP contribution in [-0.4, -0.2) is 11.0 Å². The van der Waals surface area contributed by atoms with Gasteiger partial charge in [-0.3, -0.25) is 0 Å². The molecule has 0 aliphatic carbocycles. The summed E-state index contributed by atoms with van der Waals surface area (Å²) in [6, 6.07) is 10.2. The van der Waals surface area contributed by atoms with Crippen LogP contribution >= 0.6 is 11.3 Å². The van der Waals surface area contributed by atoms with Crippen molar-refractivity contribution in [3.63, 3.8) is 0 Å². The van der Waals surface area contributed by atoms with Crippen molar-refractivity contribution in [1.82, 2.24) is 5.32 Å². The second-order valence-corrected chi connectivity index (χ2v) is 6.57. The van der Waals surface area contributed by atoms with Crippen LogP contribution in [-0.2, 0) is 6.54 Å². The molecule has 4 N–H and O–H groups in total. The highest BCUT2D eigenvalue weighted by atomic mass is 32.1. The lowest BCUT2D eigenvalue weighted by Gasteiger charge is -2.15. The smallest absolute Gasteiger partial charge is 0.170 e. The number of nitrogens with one attached hydrogen (secondary N) is 1. The maximum Gasteiger partial charge on any atom is 0.170 e. The summed E-state index contributed by atoms with van der Waals surface area (Å²) >= 11 is 1.82. The molecule has 0 amide bonds. The van der Waals surface area contributed by atoms with E-state index in [1.165, 1.54) is 15.3 Å². The van der Waals surface area contributed by atoms with Gasteiger partial charge in [0.05, 0.1) is 0 Å². The Morgan fingerprint density at radius 3 is 2.71 bits per heavy atom. The molecule has 5 heteroatoms. The summed E-state index contributed by atoms with van der Waals surface area (Å²) in [6.07, 6.45) is 0. The molecule has 1 aromatic carbocycles. The van der Waals surface area contributed by atoms with Gasteiger partial charge in [0.2, 0.25) is 0 Å². The van der Waals surface area contributed by atoms with Crippen LogP contribution in [0.4, 0.5) is 0 Å². The molecule has 0 aliphatic heterocycles. The summed E-state index contributed by atoms with van der Waals surface area (Å²) in [5.41, 5.74) is 8.83. The van der Waals surface area contributed by atoms with Crippen LogP contribution in [0.15, 0.2) is 35.5 Å². The zero-order valence-electron chi connectivity index (χ0n) is 12.6. The minimum atomic E-state index is 0.141. The Bertz CT molecular complexity index is 649. The quantitative estimate of drug-likeness (QED) is 0.343. The van der Waals surface area contributed by atoms with Gasteiger partial charge in [-0.15, -0.1) is 11.3 Å². The van der Waals surface area contributed by atoms with Gasteiger partial charge < -0.3 is 16.3 Å². The first kappa shape index (κ1) is 15.5. The van der Waals surface area contributed by atoms with E-state index in [1.54, 1.807) is 0 Å². The molecular weight excluding hydrogens is 282 g/mol. The zero-order chi connectivity index (χ0) is 15.4. The van der Waals surface area contributed by atoms with E-state index in [9.17, 15) is 0 Å². The summed E-state index contributed by atoms with van der Waals surface area (Å²) in [4.78, 5) is 2.67. The number of benzene rings is 1. The Balaban J connectivity index is 2.12. The van der Waals surface area contributed by atoms with Gasteiger partial charge in [-0.1, -0.05) is 29.4 Å². The van der Waals surface area contributed by atoms with Crippen LogP contribution in [0.2, 0.25) is 0 Å². The lowest BCUT2D eigenvalue weighted by atomic mass is 10.1. The molecule has 0 aliphatic rings. The predicted molar refractivity (Wildman–Crippen MR) is 88.0 cm³/mol. The average molecular weight is 303 g/mol. The van der Waals surface area contributed by atoms with Crippen molar-refractivity contribution < 1.29 is 5.21 Å². The Hall–Kier alpha value is -1.85. The number of hydrogen-bond donors (Lipinski definition) is 3. The molecule has 0 fully saturated rings. The minimum Gasteiger partial charge on any atom is -0.409 e. The summed E-state index contributed by atoms with van der Waals surface area (Å²) in [5.74, 6) is 0.141. The molecule has 1 unspecified atom stereocenters. The molecule has 1 atom stereocenters. The van der Waals surface area contributed by atoms with Gasteiger partial charge in [0, 0.05) is 27.9 Å². The van der Waals surface area contributed by atoms with E-state index in [1.807, 2.05) is 35.6 Å². The van der Waals surface area contributed by atoms with E-state index in [0.29, 0.717) is 6.54 Å². The highest BCUT2D eigenvalue weighted by molar-refractivity contribution is 7.12. The Kier molecular flexibility index (Phi) is 4.98. The lowest BCUT2D eigenvalue weighted by molar-refractivity contribution is 0.318. The SMILES string of the molecule is Cc1cc(C(C)NCc2ccccc2C(N)=NO)c(C)s1. The first-order valence-corrected chi connectivity index (χ1v) is 7.70. The number of amidine groups is 1. The third-order valence-corrected chi connectivity index (χ3v) is 4.53. The maximum absolute atomic E-state index is 8.85. The van der Waals surface area contributed by atoms with Gasteiger partial charge in [0.25, 0.3) is 0 Å². The Labute approximate surface area is 129 Å². The highest BCUT2D eigenvalue weighted by Crippen LogP contribution is 2.26. The van der Waals surface area contributed by atoms with Crippen molar-refractivity contribution in [3.05, 3.63) is 56.8 Å². The summed E-state index contributed by atoms with van der Waals surface area (Å²) < 4.78 is 0. The third kappa shape index (κ3) is 3.62. The van der Waals surface area contributed by atoms with E-state index < -0.39 is 0 Å². The predicted octanol–water partition coefficient (Wildman–Crippen LogP) is 3.31. The van der Waals surface area contributed by atoms with Gasteiger partial charge in [0.15, 0.2) is 5.84 Å². The number of nitrogens with two attached hydrogens (primary N) is 1. The molecule has 2 aromatic rings. The molecule has 0 saturated carbocycles. The van der Waals surface area contributed by atoms with Crippen molar-refractivity contribution in [2.45, 2.75) is 33.4 Å². The number of oxime groups is 1. The van der Waals surface area contributed by atoms with Crippen LogP contribution in [0.25, 0.3) is 0 Å². The second-order valence-electron chi connectivity index (χ2n) is 5.11. The van der Waals surface area contributed by atoms with Gasteiger partial charge >= 0.3 is 0 Å². The molecule has 0 bridgehead atoms. The van der Waals surface area contributed by atoms with Crippen molar-refractivity contribution in [2.24, 2.45) is 10.9 Å². The monoisotopic (exact) mass is 303 g/mol. The molecular formula is C16H21N3OS. The molecule has 0 radical (unpaired) electrons. The molecule has 1 heterocycles. The molecule has 4 nitrogen and oxygen atoms in total. The van der Waals surface area contributed by atoms with E-state index in [-0.39, 0.29) is 11.9 Å². The molecule has 21 heavy (non-hydrogen) atoms. The first-order chi connectivity index (χ1) is 10.0. The summed E-state index contributed by atoms with van der Waals surface area (Å²) in [7, 11) is 0. The lowest BCUT2D eigenvalue weighted by Crippen LogP contribution is -2.22. The highest BCUT2D eigenvalue weighted by Gasteiger charge is 2.12. The first-order valence-electron chi connectivity index (χ1n) is 6.89. The minimum absolute atomic E-state index is 0.141. The van der Waals surface area contributed by atoms with Crippen LogP contribution < -0.4 is 11.1 Å². The Morgan fingerprint density at radius 2 is 2.10 bits per heavy atom. The fourth-order valence-corrected chi connectivity index (χ4v) is 3.45. The van der Waals surface area contributed by atoms with Crippen molar-refractivity contribution in [3.8, 4) is 0 Å². The van der Waals surface area contributed by atoms with Gasteiger partial charge in [-0.25, -0.2) is 0 Å². The van der Waals surface area contributed by atoms with E-state index in [0.717, 1.165) is 11.1 Å². The molecule has 1 aromatic heterocycles. The number of rotatable bonds is 5. The number of aryl methyl sites for hydroxylation is 2. The number of hydrogen-bond acceptors (Lipinski definition) is 4. The van der Waals surface area contributed by atoms with Crippen LogP contribution in [0.1, 0.15) is 39.4 Å². The zero-order valence-corrected chi connectivity index (χ0v) is 13.4. The molecule has 2 rings (SSSR count). The van der Waals surface area contributed by atoms with E-state index in [4.69, 9.17) is 10.9 Å². The molecule has 0 spiro atoms. The molecule has 112 valence electrons. The van der Waals surface area contributed by atoms with Gasteiger partial charge in [-0.2, -0.15) is 0 Å². The fraction of sp³-hybridized carbons (Fsp3) is 0.312. The summed E-state index contributed by atoms with van der Waals surface area (Å²) in [5, 5.41) is 15.4. The van der Waals surface area contributed by atoms with Gasteiger partial charge in [-0.05, 0) is 38.0 Å². The maximum atomic E-state index is 8.85. The van der Waals surface area contributed by atoms with E-state index >= 15 is 0 Å². The Morgan fingerprint density at radius 1 is 1.38 bits per heavy atom. The van der Waals surface area contributed by atoms with Crippen molar-refractivity contribution in [1.29, 1.82) is 0 Å². The summed E-state index contributed by atoms with van der Waals surface area (Å²) in [6.45, 7) is 7.10. The van der Waals surface area contributed by atoms with E-state index in [2.05, 4.69) is 37.3 Å². The topological polar surface area (TPSA) is 70.6 Å². The average Bonchev–Trinajstić information content (AvgIpc) is 2.83. The normalized spacial score (nSPS) is 13.4. The van der Waals surface area contributed by atoms with Crippen LogP contribution in [0.5, 0.6) is 0 Å². The van der Waals surface area contributed by atoms with Crippen LogP contribution in [0.3, 0.4) is 0 Å². The largest absolute Gasteiger partial charge is 0.409 e. The standard InChI is InChI=1S/C16H21N3OS/c1-10-8-15(12(3)21-10)11(2)18-9-13-6-4-5-7-14(13)16(17)19-20/h4-8,11,18,20H,9H2,1-3H3,(H2,17,19). The third-order valence-electron chi connectivity index (χ3n) is 3.55. The van der Waals surface area contributed by atoms with Crippen molar-refractivity contribution in [2.75, 3.05) is 0 Å². The van der Waals surface area contributed by atoms with Crippen molar-refractivity contribution >= 4 is 17.2 Å². The van der Waals surface area contributed by atoms with Gasteiger partial charge in [0.1, 0.15) is 0 Å². The van der Waals surface area contributed by atoms with Crippen LogP contribution in [0, 0.1) is 13.8 Å².